The molecule has 1 aromatic carbocycles. The molecule has 1 amide bonds. The summed E-state index contributed by atoms with van der Waals surface area (Å²) in [5.74, 6) is 0.753. The Morgan fingerprint density at radius 3 is 2.46 bits per heavy atom. The van der Waals surface area contributed by atoms with E-state index in [0.717, 1.165) is 17.1 Å². The van der Waals surface area contributed by atoms with E-state index in [1.54, 1.807) is 6.07 Å². The Bertz CT molecular complexity index is 788. The minimum atomic E-state index is -3.58. The highest BCUT2D eigenvalue weighted by molar-refractivity contribution is 7.89. The van der Waals surface area contributed by atoms with E-state index in [4.69, 9.17) is 4.74 Å². The van der Waals surface area contributed by atoms with Gasteiger partial charge < -0.3 is 15.4 Å². The predicted octanol–water partition coefficient (Wildman–Crippen LogP) is 2.62. The van der Waals surface area contributed by atoms with Crippen molar-refractivity contribution in [1.82, 2.24) is 9.62 Å². The van der Waals surface area contributed by atoms with Crippen LogP contribution in [0.5, 0.6) is 5.75 Å². The van der Waals surface area contributed by atoms with Crippen LogP contribution in [0.2, 0.25) is 0 Å². The van der Waals surface area contributed by atoms with Crippen LogP contribution in [-0.4, -0.2) is 51.4 Å². The van der Waals surface area contributed by atoms with Gasteiger partial charge >= 0.3 is 0 Å². The fourth-order valence-electron chi connectivity index (χ4n) is 4.06. The number of anilines is 1. The number of rotatable bonds is 7. The number of hydrogen-bond acceptors (Lipinski definition) is 5. The lowest BCUT2D eigenvalue weighted by atomic mass is 9.89. The first-order valence-corrected chi connectivity index (χ1v) is 11.0. The summed E-state index contributed by atoms with van der Waals surface area (Å²) in [5.41, 5.74) is 0.404. The molecule has 0 radical (unpaired) electrons. The molecule has 2 N–H and O–H groups in total. The quantitative estimate of drug-likeness (QED) is 0.692. The molecule has 0 saturated carbocycles. The molecule has 2 aliphatic heterocycles. The summed E-state index contributed by atoms with van der Waals surface area (Å²) in [7, 11) is -0.619. The molecule has 2 atom stereocenters. The first-order valence-electron chi connectivity index (χ1n) is 9.55. The number of carbonyl (C=O) groups is 1. The number of benzene rings is 1. The second kappa shape index (κ2) is 9.43. The van der Waals surface area contributed by atoms with E-state index in [1.165, 1.54) is 39.1 Å². The predicted molar refractivity (Wildman–Crippen MR) is 112 cm³/mol. The molecule has 2 unspecified atom stereocenters. The Morgan fingerprint density at radius 1 is 1.25 bits per heavy atom. The van der Waals surface area contributed by atoms with Gasteiger partial charge in [-0.15, -0.1) is 12.4 Å². The van der Waals surface area contributed by atoms with E-state index in [9.17, 15) is 13.2 Å². The van der Waals surface area contributed by atoms with Crippen LogP contribution in [0.25, 0.3) is 0 Å². The number of nitrogens with zero attached hydrogens (tertiary/aromatic N) is 1. The summed E-state index contributed by atoms with van der Waals surface area (Å²) >= 11 is 0. The van der Waals surface area contributed by atoms with Crippen molar-refractivity contribution in [3.63, 3.8) is 0 Å². The number of sulfonamides is 1. The standard InChI is InChI=1S/C19H29N3O4S.ClH/c1-4-26-18-8-7-16(27(24,25)22(2)3)12-17(18)21-19(23)11-13-9-14-5-6-15(10-13)20-14;/h7-8,12-15,20H,4-6,9-11H2,1-3H3,(H,21,23);1H. The molecule has 2 bridgehead atoms. The molecule has 2 fully saturated rings. The first kappa shape index (κ1) is 22.9. The fraction of sp³-hybridized carbons (Fsp3) is 0.632. The third kappa shape index (κ3) is 5.17. The smallest absolute Gasteiger partial charge is 0.242 e. The average Bonchev–Trinajstić information content (AvgIpc) is 2.94. The number of hydrogen-bond donors (Lipinski definition) is 2. The maximum atomic E-state index is 12.6. The molecule has 0 spiro atoms. The Morgan fingerprint density at radius 2 is 1.89 bits per heavy atom. The van der Waals surface area contributed by atoms with Gasteiger partial charge in [-0.2, -0.15) is 0 Å². The van der Waals surface area contributed by atoms with Crippen LogP contribution in [-0.2, 0) is 14.8 Å². The monoisotopic (exact) mass is 431 g/mol. The molecule has 2 heterocycles. The van der Waals surface area contributed by atoms with Gasteiger partial charge in [-0.25, -0.2) is 12.7 Å². The van der Waals surface area contributed by atoms with Crippen LogP contribution >= 0.6 is 12.4 Å². The van der Waals surface area contributed by atoms with Crippen LogP contribution in [0.4, 0.5) is 5.69 Å². The normalized spacial score (nSPS) is 23.9. The van der Waals surface area contributed by atoms with E-state index in [-0.39, 0.29) is 23.2 Å². The number of ether oxygens (including phenoxy) is 1. The van der Waals surface area contributed by atoms with E-state index in [0.29, 0.717) is 42.5 Å². The Balaban J connectivity index is 0.00000280. The molecule has 2 saturated heterocycles. The molecule has 2 aliphatic rings. The molecule has 1 aromatic rings. The molecule has 7 nitrogen and oxygen atoms in total. The maximum absolute atomic E-state index is 12.6. The van der Waals surface area contributed by atoms with Crippen LogP contribution in [0, 0.1) is 5.92 Å². The minimum absolute atomic E-state index is 0. The lowest BCUT2D eigenvalue weighted by Crippen LogP contribution is -2.39. The van der Waals surface area contributed by atoms with Crippen LogP contribution < -0.4 is 15.4 Å². The van der Waals surface area contributed by atoms with E-state index in [1.807, 2.05) is 6.92 Å². The third-order valence-corrected chi connectivity index (χ3v) is 7.16. The first-order chi connectivity index (χ1) is 12.8. The number of carbonyl (C=O) groups excluding carboxylic acids is 1. The summed E-state index contributed by atoms with van der Waals surface area (Å²) in [4.78, 5) is 12.7. The number of nitrogens with one attached hydrogen (secondary N) is 2. The largest absolute Gasteiger partial charge is 0.492 e. The minimum Gasteiger partial charge on any atom is -0.492 e. The van der Waals surface area contributed by atoms with Gasteiger partial charge in [0.25, 0.3) is 0 Å². The van der Waals surface area contributed by atoms with Gasteiger partial charge in [0.15, 0.2) is 0 Å². The van der Waals surface area contributed by atoms with Gasteiger partial charge in [0.2, 0.25) is 15.9 Å². The average molecular weight is 432 g/mol. The van der Waals surface area contributed by atoms with Crippen molar-refractivity contribution in [2.24, 2.45) is 5.92 Å². The van der Waals surface area contributed by atoms with Gasteiger partial charge in [-0.1, -0.05) is 0 Å². The van der Waals surface area contributed by atoms with Crippen molar-refractivity contribution in [3.05, 3.63) is 18.2 Å². The van der Waals surface area contributed by atoms with Gasteiger partial charge in [0.1, 0.15) is 5.75 Å². The summed E-state index contributed by atoms with van der Waals surface area (Å²) in [6, 6.07) is 5.65. The summed E-state index contributed by atoms with van der Waals surface area (Å²) in [5, 5.41) is 6.46. The zero-order chi connectivity index (χ0) is 19.6. The number of halogens is 1. The Labute approximate surface area is 173 Å². The topological polar surface area (TPSA) is 87.7 Å². The molecule has 3 rings (SSSR count). The zero-order valence-electron chi connectivity index (χ0n) is 16.6. The molecule has 28 heavy (non-hydrogen) atoms. The second-order valence-electron chi connectivity index (χ2n) is 7.61. The van der Waals surface area contributed by atoms with Crippen LogP contribution in [0.1, 0.15) is 39.0 Å². The van der Waals surface area contributed by atoms with Crippen LogP contribution in [0.15, 0.2) is 23.1 Å². The summed E-state index contributed by atoms with van der Waals surface area (Å²) in [6.45, 7) is 2.28. The second-order valence-corrected chi connectivity index (χ2v) is 9.76. The highest BCUT2D eigenvalue weighted by atomic mass is 35.5. The van der Waals surface area contributed by atoms with Gasteiger partial charge in [-0.3, -0.25) is 4.79 Å². The Kier molecular flexibility index (Phi) is 7.73. The molecular weight excluding hydrogens is 402 g/mol. The molecule has 9 heteroatoms. The molecule has 0 aliphatic carbocycles. The number of piperidine rings is 1. The van der Waals surface area contributed by atoms with Crippen molar-refractivity contribution < 1.29 is 17.9 Å². The summed E-state index contributed by atoms with van der Waals surface area (Å²) < 4.78 is 31.5. The van der Waals surface area contributed by atoms with Gasteiger partial charge in [0, 0.05) is 32.6 Å². The SMILES string of the molecule is CCOc1ccc(S(=O)(=O)N(C)C)cc1NC(=O)CC1CC2CCC(C1)N2.Cl. The van der Waals surface area contributed by atoms with Crippen molar-refractivity contribution >= 4 is 34.0 Å². The highest BCUT2D eigenvalue weighted by Crippen LogP contribution is 2.34. The lowest BCUT2D eigenvalue weighted by Gasteiger charge is -2.28. The maximum Gasteiger partial charge on any atom is 0.242 e. The van der Waals surface area contributed by atoms with Gasteiger partial charge in [0.05, 0.1) is 17.2 Å². The lowest BCUT2D eigenvalue weighted by molar-refractivity contribution is -0.117. The van der Waals surface area contributed by atoms with Crippen LogP contribution in [0.3, 0.4) is 0 Å². The molecule has 0 aromatic heterocycles. The van der Waals surface area contributed by atoms with E-state index < -0.39 is 10.0 Å². The molecular formula is C19H30ClN3O4S. The van der Waals surface area contributed by atoms with Crippen molar-refractivity contribution in [2.75, 3.05) is 26.0 Å². The fourth-order valence-corrected chi connectivity index (χ4v) is 4.99. The summed E-state index contributed by atoms with van der Waals surface area (Å²) in [6.07, 6.45) is 4.89. The third-order valence-electron chi connectivity index (χ3n) is 5.35. The van der Waals surface area contributed by atoms with Crippen molar-refractivity contribution in [2.45, 2.75) is 56.0 Å². The van der Waals surface area contributed by atoms with Gasteiger partial charge in [-0.05, 0) is 56.7 Å². The zero-order valence-corrected chi connectivity index (χ0v) is 18.2. The number of amides is 1. The van der Waals surface area contributed by atoms with E-state index >= 15 is 0 Å². The highest BCUT2D eigenvalue weighted by Gasteiger charge is 2.34. The van der Waals surface area contributed by atoms with Crippen molar-refractivity contribution in [1.29, 1.82) is 0 Å². The van der Waals surface area contributed by atoms with E-state index in [2.05, 4.69) is 10.6 Å². The molecule has 158 valence electrons. The Hall–Kier alpha value is -1.35. The van der Waals surface area contributed by atoms with Crippen molar-refractivity contribution in [3.8, 4) is 5.75 Å². The number of fused-ring (bicyclic) bond motifs is 2.